The lowest BCUT2D eigenvalue weighted by Crippen LogP contribution is -1.84. The van der Waals surface area contributed by atoms with Gasteiger partial charge in [0.05, 0.1) is 19.5 Å². The van der Waals surface area contributed by atoms with Gasteiger partial charge in [-0.1, -0.05) is 0 Å². The van der Waals surface area contributed by atoms with Gasteiger partial charge in [0.15, 0.2) is 0 Å². The lowest BCUT2D eigenvalue weighted by molar-refractivity contribution is 1.01. The fourth-order valence-corrected chi connectivity index (χ4v) is 2.47. The van der Waals surface area contributed by atoms with Gasteiger partial charge in [-0.05, 0) is 29.5 Å². The van der Waals surface area contributed by atoms with Gasteiger partial charge in [-0.3, -0.25) is 0 Å². The van der Waals surface area contributed by atoms with Crippen molar-refractivity contribution in [1.29, 1.82) is 0 Å². The van der Waals surface area contributed by atoms with E-state index in [0.29, 0.717) is 0 Å². The van der Waals surface area contributed by atoms with E-state index in [1.807, 2.05) is 12.4 Å². The van der Waals surface area contributed by atoms with Crippen molar-refractivity contribution in [3.05, 3.63) is 14.1 Å². The average Bonchev–Trinajstić information content (AvgIpc) is 2.13. The summed E-state index contributed by atoms with van der Waals surface area (Å²) in [6, 6.07) is 0. The Balaban J connectivity index is 2.94. The van der Waals surface area contributed by atoms with Crippen molar-refractivity contribution in [3.8, 4) is 0 Å². The molecular formula is C5H5ClINS. The Kier molecular flexibility index (Phi) is 2.73. The van der Waals surface area contributed by atoms with E-state index >= 15 is 0 Å². The van der Waals surface area contributed by atoms with E-state index in [9.17, 15) is 0 Å². The summed E-state index contributed by atoms with van der Waals surface area (Å²) in [5.74, 6) is 0. The normalized spacial score (nSPS) is 13.7. The topological polar surface area (TPSA) is 12.9 Å². The number of hydrogen-bond acceptors (Lipinski definition) is 2. The Bertz CT molecular complexity index is 199. The van der Waals surface area contributed by atoms with Gasteiger partial charge < -0.3 is 0 Å². The molecule has 0 saturated carbocycles. The molecule has 0 aliphatic carbocycles. The quantitative estimate of drug-likeness (QED) is 0.566. The molecule has 1 aromatic rings. The van der Waals surface area contributed by atoms with Crippen molar-refractivity contribution < 1.29 is 0 Å². The van der Waals surface area contributed by atoms with Crippen LogP contribution in [0, 0.1) is 2.88 Å². The van der Waals surface area contributed by atoms with Gasteiger partial charge in [0.25, 0.3) is 0 Å². The standard InChI is InChI=1S/C5H5ClINS/c1-3(6)4-5(7)9-2-8-4/h2-3H,1H3. The van der Waals surface area contributed by atoms with Gasteiger partial charge in [0, 0.05) is 0 Å². The van der Waals surface area contributed by atoms with Gasteiger partial charge in [-0.15, -0.1) is 22.9 Å². The molecule has 1 aromatic heterocycles. The van der Waals surface area contributed by atoms with Crippen LogP contribution >= 0.6 is 45.5 Å². The minimum absolute atomic E-state index is 0.0446. The van der Waals surface area contributed by atoms with Gasteiger partial charge in [-0.25, -0.2) is 4.98 Å². The van der Waals surface area contributed by atoms with Gasteiger partial charge in [0.1, 0.15) is 0 Å². The lowest BCUT2D eigenvalue weighted by Gasteiger charge is -1.95. The van der Waals surface area contributed by atoms with Crippen molar-refractivity contribution in [3.63, 3.8) is 0 Å². The molecule has 0 amide bonds. The predicted molar refractivity (Wildman–Crippen MR) is 49.1 cm³/mol. The molecule has 1 rings (SSSR count). The highest BCUT2D eigenvalue weighted by molar-refractivity contribution is 14.1. The first-order valence-corrected chi connectivity index (χ1v) is 4.84. The highest BCUT2D eigenvalue weighted by Gasteiger charge is 2.07. The van der Waals surface area contributed by atoms with Crippen LogP contribution in [0.25, 0.3) is 0 Å². The third-order valence-electron chi connectivity index (χ3n) is 0.926. The van der Waals surface area contributed by atoms with E-state index < -0.39 is 0 Å². The molecule has 0 aliphatic heterocycles. The van der Waals surface area contributed by atoms with Gasteiger partial charge in [-0.2, -0.15) is 0 Å². The minimum Gasteiger partial charge on any atom is -0.247 e. The van der Waals surface area contributed by atoms with Crippen molar-refractivity contribution in [2.75, 3.05) is 0 Å². The van der Waals surface area contributed by atoms with E-state index in [0.717, 1.165) is 5.69 Å². The fraction of sp³-hybridized carbons (Fsp3) is 0.400. The molecule has 0 fully saturated rings. The SMILES string of the molecule is CC(Cl)c1ncsc1I. The van der Waals surface area contributed by atoms with Crippen LogP contribution in [0.3, 0.4) is 0 Å². The van der Waals surface area contributed by atoms with E-state index in [-0.39, 0.29) is 5.38 Å². The van der Waals surface area contributed by atoms with Crippen LogP contribution in [0.5, 0.6) is 0 Å². The largest absolute Gasteiger partial charge is 0.247 e. The van der Waals surface area contributed by atoms with Gasteiger partial charge in [0.2, 0.25) is 0 Å². The summed E-state index contributed by atoms with van der Waals surface area (Å²) in [6.07, 6.45) is 0. The van der Waals surface area contributed by atoms with E-state index in [2.05, 4.69) is 27.6 Å². The third-order valence-corrected chi connectivity index (χ3v) is 3.08. The molecule has 0 bridgehead atoms. The second kappa shape index (κ2) is 3.16. The van der Waals surface area contributed by atoms with Crippen LogP contribution in [-0.4, -0.2) is 4.98 Å². The molecule has 0 saturated heterocycles. The maximum Gasteiger partial charge on any atom is 0.0899 e. The van der Waals surface area contributed by atoms with Crippen LogP contribution < -0.4 is 0 Å². The second-order valence-electron chi connectivity index (χ2n) is 1.63. The fourth-order valence-electron chi connectivity index (χ4n) is 0.500. The summed E-state index contributed by atoms with van der Waals surface area (Å²) in [5.41, 5.74) is 2.82. The molecule has 4 heteroatoms. The highest BCUT2D eigenvalue weighted by Crippen LogP contribution is 2.25. The molecule has 1 nitrogen and oxygen atoms in total. The third kappa shape index (κ3) is 1.78. The molecule has 1 heterocycles. The average molecular weight is 274 g/mol. The number of thiazole rings is 1. The van der Waals surface area contributed by atoms with E-state index in [1.54, 1.807) is 11.3 Å². The molecule has 0 N–H and O–H groups in total. The smallest absolute Gasteiger partial charge is 0.0899 e. The van der Waals surface area contributed by atoms with Gasteiger partial charge >= 0.3 is 0 Å². The highest BCUT2D eigenvalue weighted by atomic mass is 127. The first-order valence-electron chi connectivity index (χ1n) is 2.44. The van der Waals surface area contributed by atoms with Crippen LogP contribution in [0.15, 0.2) is 5.51 Å². The summed E-state index contributed by atoms with van der Waals surface area (Å²) >= 11 is 9.66. The number of halogens is 2. The van der Waals surface area contributed by atoms with Crippen LogP contribution in [0.1, 0.15) is 18.0 Å². The Labute approximate surface area is 76.6 Å². The van der Waals surface area contributed by atoms with Crippen molar-refractivity contribution in [2.24, 2.45) is 0 Å². The number of hydrogen-bond donors (Lipinski definition) is 0. The Morgan fingerprint density at radius 3 is 2.78 bits per heavy atom. The Morgan fingerprint density at radius 2 is 2.56 bits per heavy atom. The molecular weight excluding hydrogens is 268 g/mol. The zero-order valence-corrected chi connectivity index (χ0v) is 8.50. The summed E-state index contributed by atoms with van der Waals surface area (Å²) in [6.45, 7) is 1.93. The van der Waals surface area contributed by atoms with Crippen molar-refractivity contribution in [1.82, 2.24) is 4.98 Å². The van der Waals surface area contributed by atoms with Crippen molar-refractivity contribution in [2.45, 2.75) is 12.3 Å². The first kappa shape index (κ1) is 7.75. The maximum absolute atomic E-state index is 5.79. The lowest BCUT2D eigenvalue weighted by atomic mass is 10.4. The Morgan fingerprint density at radius 1 is 1.89 bits per heavy atom. The molecule has 1 unspecified atom stereocenters. The monoisotopic (exact) mass is 273 g/mol. The zero-order chi connectivity index (χ0) is 6.85. The summed E-state index contributed by atoms with van der Waals surface area (Å²) in [7, 11) is 0. The predicted octanol–water partition coefficient (Wildman–Crippen LogP) is 3.05. The second-order valence-corrected chi connectivity index (χ2v) is 4.95. The summed E-state index contributed by atoms with van der Waals surface area (Å²) < 4.78 is 1.19. The molecule has 0 aromatic carbocycles. The molecule has 1 atom stereocenters. The first-order chi connectivity index (χ1) is 4.22. The summed E-state index contributed by atoms with van der Waals surface area (Å²) in [5, 5.41) is 0.0446. The maximum atomic E-state index is 5.79. The number of nitrogens with zero attached hydrogens (tertiary/aromatic N) is 1. The van der Waals surface area contributed by atoms with Crippen molar-refractivity contribution >= 4 is 45.5 Å². The number of alkyl halides is 1. The molecule has 0 aliphatic rings. The number of rotatable bonds is 1. The Hall–Kier alpha value is 0.650. The molecule has 50 valence electrons. The van der Waals surface area contributed by atoms with Crippen LogP contribution in [0.2, 0.25) is 0 Å². The molecule has 9 heavy (non-hydrogen) atoms. The minimum atomic E-state index is 0.0446. The van der Waals surface area contributed by atoms with E-state index in [1.165, 1.54) is 2.88 Å². The zero-order valence-electron chi connectivity index (χ0n) is 4.77. The molecule has 0 spiro atoms. The summed E-state index contributed by atoms with van der Waals surface area (Å²) in [4.78, 5) is 4.09. The number of aromatic nitrogens is 1. The van der Waals surface area contributed by atoms with Crippen LogP contribution in [-0.2, 0) is 0 Å². The van der Waals surface area contributed by atoms with E-state index in [4.69, 9.17) is 11.6 Å². The molecule has 0 radical (unpaired) electrons. The van der Waals surface area contributed by atoms with Crippen LogP contribution in [0.4, 0.5) is 0 Å².